The Hall–Kier alpha value is -2.05. The molecule has 6 heteroatoms. The van der Waals surface area contributed by atoms with Crippen molar-refractivity contribution in [3.05, 3.63) is 53.8 Å². The molecule has 3 rings (SSSR count). The number of hydrogen-bond donors (Lipinski definition) is 2. The van der Waals surface area contributed by atoms with Crippen LogP contribution in [0.2, 0.25) is 0 Å². The SMILES string of the molecule is OB(O)c1ccc(F)cc1OCC1COc2ccccc21. The third kappa shape index (κ3) is 2.86. The molecule has 0 saturated heterocycles. The highest BCUT2D eigenvalue weighted by molar-refractivity contribution is 6.59. The fourth-order valence-electron chi connectivity index (χ4n) is 2.40. The lowest BCUT2D eigenvalue weighted by Gasteiger charge is -2.14. The van der Waals surface area contributed by atoms with Gasteiger partial charge in [0.25, 0.3) is 0 Å². The predicted molar refractivity (Wildman–Crippen MR) is 76.4 cm³/mol. The number of fused-ring (bicyclic) bond motifs is 1. The van der Waals surface area contributed by atoms with Crippen molar-refractivity contribution < 1.29 is 23.9 Å². The van der Waals surface area contributed by atoms with Crippen molar-refractivity contribution in [2.24, 2.45) is 0 Å². The molecule has 0 saturated carbocycles. The normalized spacial score (nSPS) is 16.2. The van der Waals surface area contributed by atoms with E-state index in [0.29, 0.717) is 6.61 Å². The van der Waals surface area contributed by atoms with E-state index >= 15 is 0 Å². The molecular weight excluding hydrogens is 274 g/mol. The van der Waals surface area contributed by atoms with Crippen LogP contribution in [0.5, 0.6) is 11.5 Å². The lowest BCUT2D eigenvalue weighted by molar-refractivity contribution is 0.248. The lowest BCUT2D eigenvalue weighted by Crippen LogP contribution is -2.32. The zero-order valence-electron chi connectivity index (χ0n) is 11.2. The van der Waals surface area contributed by atoms with Crippen molar-refractivity contribution in [3.63, 3.8) is 0 Å². The second-order valence-corrected chi connectivity index (χ2v) is 4.91. The summed E-state index contributed by atoms with van der Waals surface area (Å²) in [6.07, 6.45) is 0. The standard InChI is InChI=1S/C15H14BFO4/c17-11-5-6-13(16(18)19)15(7-11)21-9-10-8-20-14-4-2-1-3-12(10)14/h1-7,10,18-19H,8-9H2. The number of benzene rings is 2. The molecule has 2 aromatic carbocycles. The maximum absolute atomic E-state index is 13.3. The van der Waals surface area contributed by atoms with Gasteiger partial charge in [-0.3, -0.25) is 0 Å². The van der Waals surface area contributed by atoms with Crippen LogP contribution >= 0.6 is 0 Å². The highest BCUT2D eigenvalue weighted by Gasteiger charge is 2.25. The lowest BCUT2D eigenvalue weighted by atomic mass is 9.79. The summed E-state index contributed by atoms with van der Waals surface area (Å²) in [5.41, 5.74) is 1.18. The van der Waals surface area contributed by atoms with E-state index in [1.807, 2.05) is 24.3 Å². The van der Waals surface area contributed by atoms with Gasteiger partial charge in [-0.1, -0.05) is 24.3 Å². The van der Waals surface area contributed by atoms with Crippen LogP contribution in [-0.2, 0) is 0 Å². The molecule has 1 aliphatic heterocycles. The second kappa shape index (κ2) is 5.75. The molecular formula is C15H14BFO4. The molecule has 0 aliphatic carbocycles. The fraction of sp³-hybridized carbons (Fsp3) is 0.200. The molecule has 21 heavy (non-hydrogen) atoms. The van der Waals surface area contributed by atoms with Crippen molar-refractivity contribution in [1.29, 1.82) is 0 Å². The van der Waals surface area contributed by atoms with Gasteiger partial charge in [-0.15, -0.1) is 0 Å². The van der Waals surface area contributed by atoms with Gasteiger partial charge >= 0.3 is 7.12 Å². The maximum atomic E-state index is 13.3. The molecule has 0 fully saturated rings. The number of hydrogen-bond acceptors (Lipinski definition) is 4. The summed E-state index contributed by atoms with van der Waals surface area (Å²) in [6.45, 7) is 0.770. The molecule has 0 radical (unpaired) electrons. The summed E-state index contributed by atoms with van der Waals surface area (Å²) in [5.74, 6) is 0.507. The van der Waals surface area contributed by atoms with E-state index in [2.05, 4.69) is 0 Å². The summed E-state index contributed by atoms with van der Waals surface area (Å²) < 4.78 is 24.4. The van der Waals surface area contributed by atoms with Gasteiger partial charge in [0.2, 0.25) is 0 Å². The Kier molecular flexibility index (Phi) is 3.81. The Balaban J connectivity index is 1.76. The average Bonchev–Trinajstić information content (AvgIpc) is 2.88. The number of para-hydroxylation sites is 1. The molecule has 2 N–H and O–H groups in total. The van der Waals surface area contributed by atoms with Gasteiger partial charge in [-0.2, -0.15) is 0 Å². The zero-order valence-corrected chi connectivity index (χ0v) is 11.2. The van der Waals surface area contributed by atoms with Gasteiger partial charge < -0.3 is 19.5 Å². The van der Waals surface area contributed by atoms with Gasteiger partial charge in [0.1, 0.15) is 17.3 Å². The van der Waals surface area contributed by atoms with Crippen molar-refractivity contribution in [1.82, 2.24) is 0 Å². The van der Waals surface area contributed by atoms with Gasteiger partial charge in [-0.25, -0.2) is 4.39 Å². The molecule has 1 aliphatic rings. The molecule has 4 nitrogen and oxygen atoms in total. The molecule has 1 heterocycles. The Bertz CT molecular complexity index is 647. The first kappa shape index (κ1) is 13.9. The summed E-state index contributed by atoms with van der Waals surface area (Å²) >= 11 is 0. The number of rotatable bonds is 4. The molecule has 1 atom stereocenters. The minimum absolute atomic E-state index is 0.0353. The molecule has 0 amide bonds. The maximum Gasteiger partial charge on any atom is 0.492 e. The number of ether oxygens (including phenoxy) is 2. The minimum Gasteiger partial charge on any atom is -0.493 e. The molecule has 108 valence electrons. The second-order valence-electron chi connectivity index (χ2n) is 4.91. The van der Waals surface area contributed by atoms with Gasteiger partial charge in [-0.05, 0) is 12.1 Å². The summed E-state index contributed by atoms with van der Waals surface area (Å²) in [5, 5.41) is 18.5. The highest BCUT2D eigenvalue weighted by Crippen LogP contribution is 2.33. The van der Waals surface area contributed by atoms with Crippen LogP contribution in [0.15, 0.2) is 42.5 Å². The minimum atomic E-state index is -1.70. The monoisotopic (exact) mass is 288 g/mol. The van der Waals surface area contributed by atoms with Crippen molar-refractivity contribution >= 4 is 12.6 Å². The van der Waals surface area contributed by atoms with E-state index in [0.717, 1.165) is 23.4 Å². The first-order valence-corrected chi connectivity index (χ1v) is 6.65. The molecule has 0 bridgehead atoms. The largest absolute Gasteiger partial charge is 0.493 e. The Labute approximate surface area is 121 Å². The van der Waals surface area contributed by atoms with E-state index in [1.165, 1.54) is 6.07 Å². The third-order valence-electron chi connectivity index (χ3n) is 3.49. The van der Waals surface area contributed by atoms with Gasteiger partial charge in [0, 0.05) is 17.1 Å². The van der Waals surface area contributed by atoms with Crippen LogP contribution in [-0.4, -0.2) is 30.4 Å². The average molecular weight is 288 g/mol. The van der Waals surface area contributed by atoms with E-state index in [9.17, 15) is 14.4 Å². The third-order valence-corrected chi connectivity index (χ3v) is 3.49. The Morgan fingerprint density at radius 2 is 2.05 bits per heavy atom. The smallest absolute Gasteiger partial charge is 0.492 e. The van der Waals surface area contributed by atoms with Crippen LogP contribution in [0.1, 0.15) is 11.5 Å². The van der Waals surface area contributed by atoms with Crippen LogP contribution in [0.3, 0.4) is 0 Å². The number of halogens is 1. The first-order valence-electron chi connectivity index (χ1n) is 6.65. The Morgan fingerprint density at radius 3 is 2.86 bits per heavy atom. The topological polar surface area (TPSA) is 58.9 Å². The van der Waals surface area contributed by atoms with Crippen molar-refractivity contribution in [3.8, 4) is 11.5 Å². The summed E-state index contributed by atoms with van der Waals surface area (Å²) in [6, 6.07) is 11.3. The van der Waals surface area contributed by atoms with Gasteiger partial charge in [0.05, 0.1) is 19.1 Å². The first-order chi connectivity index (χ1) is 10.1. The fourth-order valence-corrected chi connectivity index (χ4v) is 2.40. The summed E-state index contributed by atoms with van der Waals surface area (Å²) in [4.78, 5) is 0. The van der Waals surface area contributed by atoms with E-state index in [1.54, 1.807) is 0 Å². The Morgan fingerprint density at radius 1 is 1.24 bits per heavy atom. The van der Waals surface area contributed by atoms with Gasteiger partial charge in [0.15, 0.2) is 0 Å². The predicted octanol–water partition coefficient (Wildman–Crippen LogP) is 1.06. The molecule has 0 aromatic heterocycles. The van der Waals surface area contributed by atoms with Crippen LogP contribution < -0.4 is 14.9 Å². The highest BCUT2D eigenvalue weighted by atomic mass is 19.1. The summed E-state index contributed by atoms with van der Waals surface area (Å²) in [7, 11) is -1.70. The van der Waals surface area contributed by atoms with E-state index in [4.69, 9.17) is 9.47 Å². The van der Waals surface area contributed by atoms with Crippen molar-refractivity contribution in [2.75, 3.05) is 13.2 Å². The van der Waals surface area contributed by atoms with Crippen LogP contribution in [0.4, 0.5) is 4.39 Å². The molecule has 0 spiro atoms. The van der Waals surface area contributed by atoms with E-state index < -0.39 is 12.9 Å². The zero-order chi connectivity index (χ0) is 14.8. The molecule has 2 aromatic rings. The molecule has 1 unspecified atom stereocenters. The van der Waals surface area contributed by atoms with Crippen LogP contribution in [0, 0.1) is 5.82 Å². The quantitative estimate of drug-likeness (QED) is 0.826. The van der Waals surface area contributed by atoms with Crippen LogP contribution in [0.25, 0.3) is 0 Å². The van der Waals surface area contributed by atoms with Crippen molar-refractivity contribution in [2.45, 2.75) is 5.92 Å². The van der Waals surface area contributed by atoms with E-state index in [-0.39, 0.29) is 23.7 Å².